The molecule has 0 atom stereocenters. The summed E-state index contributed by atoms with van der Waals surface area (Å²) in [7, 11) is -3.56. The minimum atomic E-state index is -3.56. The summed E-state index contributed by atoms with van der Waals surface area (Å²) in [4.78, 5) is 5.63. The summed E-state index contributed by atoms with van der Waals surface area (Å²) in [5.41, 5.74) is 7.07. The van der Waals surface area contributed by atoms with Crippen molar-refractivity contribution < 1.29 is 8.42 Å². The van der Waals surface area contributed by atoms with Crippen LogP contribution in [-0.2, 0) is 29.5 Å². The van der Waals surface area contributed by atoms with Crippen LogP contribution in [0.2, 0.25) is 0 Å². The van der Waals surface area contributed by atoms with E-state index in [1.807, 2.05) is 13.0 Å². The third kappa shape index (κ3) is 3.88. The van der Waals surface area contributed by atoms with Gasteiger partial charge < -0.3 is 5.73 Å². The fourth-order valence-corrected chi connectivity index (χ4v) is 4.06. The molecule has 0 aliphatic carbocycles. The molecule has 0 aliphatic heterocycles. The van der Waals surface area contributed by atoms with Crippen molar-refractivity contribution in [3.63, 3.8) is 0 Å². The van der Waals surface area contributed by atoms with Crippen molar-refractivity contribution in [2.45, 2.75) is 38.3 Å². The molecule has 0 fully saturated rings. The number of benzene rings is 1. The maximum atomic E-state index is 12.4. The number of hydrogen-bond donors (Lipinski definition) is 2. The molecule has 2 aromatic rings. The molecule has 0 radical (unpaired) electrons. The van der Waals surface area contributed by atoms with Gasteiger partial charge in [-0.3, -0.25) is 0 Å². The van der Waals surface area contributed by atoms with Crippen LogP contribution in [0.5, 0.6) is 0 Å². The Morgan fingerprint density at radius 2 is 2.14 bits per heavy atom. The van der Waals surface area contributed by atoms with Crippen LogP contribution in [0.25, 0.3) is 0 Å². The molecular weight excluding hydrogens is 306 g/mol. The number of hydrogen-bond acceptors (Lipinski definition) is 5. The second-order valence-corrected chi connectivity index (χ2v) is 7.64. The molecule has 0 spiro atoms. The Kier molecular flexibility index (Phi) is 5.10. The highest BCUT2D eigenvalue weighted by Crippen LogP contribution is 2.18. The molecule has 1 aromatic carbocycles. The largest absolute Gasteiger partial charge is 0.326 e. The minimum Gasteiger partial charge on any atom is -0.326 e. The van der Waals surface area contributed by atoms with Crippen LogP contribution in [0.4, 0.5) is 0 Å². The third-order valence-electron chi connectivity index (χ3n) is 3.14. The zero-order valence-corrected chi connectivity index (χ0v) is 13.7. The zero-order valence-electron chi connectivity index (χ0n) is 12.1. The SMILES string of the molecule is CCc1cnc(CNS(=O)(=O)c2cc(CN)ccc2C)s1. The lowest BCUT2D eigenvalue weighted by atomic mass is 10.1. The Balaban J connectivity index is 2.18. The number of sulfonamides is 1. The minimum absolute atomic E-state index is 0.208. The Morgan fingerprint density at radius 1 is 1.38 bits per heavy atom. The van der Waals surface area contributed by atoms with Crippen molar-refractivity contribution in [1.82, 2.24) is 9.71 Å². The summed E-state index contributed by atoms with van der Waals surface area (Å²) < 4.78 is 27.4. The van der Waals surface area contributed by atoms with E-state index in [1.54, 1.807) is 25.3 Å². The van der Waals surface area contributed by atoms with Gasteiger partial charge in [0.25, 0.3) is 0 Å². The lowest BCUT2D eigenvalue weighted by molar-refractivity contribution is 0.580. The molecule has 3 N–H and O–H groups in total. The van der Waals surface area contributed by atoms with Gasteiger partial charge in [-0.1, -0.05) is 19.1 Å². The quantitative estimate of drug-likeness (QED) is 0.850. The average Bonchev–Trinajstić information content (AvgIpc) is 2.94. The van der Waals surface area contributed by atoms with Crippen molar-refractivity contribution in [2.24, 2.45) is 5.73 Å². The molecule has 1 aromatic heterocycles. The lowest BCUT2D eigenvalue weighted by Gasteiger charge is -2.10. The molecule has 7 heteroatoms. The van der Waals surface area contributed by atoms with Crippen LogP contribution in [0.1, 0.15) is 27.9 Å². The molecule has 1 heterocycles. The van der Waals surface area contributed by atoms with E-state index in [1.165, 1.54) is 11.3 Å². The van der Waals surface area contributed by atoms with Crippen molar-refractivity contribution in [3.05, 3.63) is 45.4 Å². The van der Waals surface area contributed by atoms with Crippen molar-refractivity contribution >= 4 is 21.4 Å². The topological polar surface area (TPSA) is 85.1 Å². The maximum Gasteiger partial charge on any atom is 0.241 e. The second kappa shape index (κ2) is 6.65. The van der Waals surface area contributed by atoms with E-state index in [2.05, 4.69) is 9.71 Å². The van der Waals surface area contributed by atoms with Crippen LogP contribution in [0.15, 0.2) is 29.3 Å². The van der Waals surface area contributed by atoms with Crippen LogP contribution in [0.3, 0.4) is 0 Å². The molecular formula is C14H19N3O2S2. The number of aryl methyl sites for hydroxylation is 2. The summed E-state index contributed by atoms with van der Waals surface area (Å²) in [5, 5.41) is 0.767. The highest BCUT2D eigenvalue weighted by atomic mass is 32.2. The highest BCUT2D eigenvalue weighted by molar-refractivity contribution is 7.89. The first-order valence-electron chi connectivity index (χ1n) is 6.69. The van der Waals surface area contributed by atoms with Crippen LogP contribution < -0.4 is 10.5 Å². The Hall–Kier alpha value is -1.28. The number of aromatic nitrogens is 1. The number of nitrogens with two attached hydrogens (primary N) is 1. The highest BCUT2D eigenvalue weighted by Gasteiger charge is 2.17. The molecule has 21 heavy (non-hydrogen) atoms. The molecule has 5 nitrogen and oxygen atoms in total. The maximum absolute atomic E-state index is 12.4. The Bertz CT molecular complexity index is 724. The summed E-state index contributed by atoms with van der Waals surface area (Å²) in [5.74, 6) is 0. The van der Waals surface area contributed by atoms with Gasteiger partial charge in [-0.2, -0.15) is 0 Å². The van der Waals surface area contributed by atoms with Crippen LogP contribution in [-0.4, -0.2) is 13.4 Å². The van der Waals surface area contributed by atoms with Crippen LogP contribution >= 0.6 is 11.3 Å². The molecule has 0 saturated heterocycles. The molecule has 114 valence electrons. The standard InChI is InChI=1S/C14H19N3O2S2/c1-3-12-8-16-14(20-12)9-17-21(18,19)13-6-11(7-15)5-4-10(13)2/h4-6,8,17H,3,7,9,15H2,1-2H3. The molecule has 0 unspecified atom stereocenters. The number of rotatable bonds is 6. The van der Waals surface area contributed by atoms with Crippen molar-refractivity contribution in [2.75, 3.05) is 0 Å². The molecule has 0 saturated carbocycles. The predicted octanol–water partition coefficient (Wildman–Crippen LogP) is 1.95. The monoisotopic (exact) mass is 325 g/mol. The summed E-state index contributed by atoms with van der Waals surface area (Å²) in [6.45, 7) is 4.34. The smallest absolute Gasteiger partial charge is 0.241 e. The van der Waals surface area contributed by atoms with Crippen LogP contribution in [0, 0.1) is 6.92 Å². The predicted molar refractivity (Wildman–Crippen MR) is 84.6 cm³/mol. The molecule has 0 bridgehead atoms. The summed E-state index contributed by atoms with van der Waals surface area (Å²) >= 11 is 1.52. The normalized spacial score (nSPS) is 11.8. The van der Waals surface area contributed by atoms with E-state index in [-0.39, 0.29) is 11.4 Å². The summed E-state index contributed by atoms with van der Waals surface area (Å²) in [6.07, 6.45) is 2.69. The van der Waals surface area contributed by atoms with Gasteiger partial charge in [0, 0.05) is 17.6 Å². The molecule has 2 rings (SSSR count). The van der Waals surface area contributed by atoms with E-state index in [9.17, 15) is 8.42 Å². The van der Waals surface area contributed by atoms with Gasteiger partial charge in [-0.05, 0) is 30.5 Å². The van der Waals surface area contributed by atoms with E-state index < -0.39 is 10.0 Å². The van der Waals surface area contributed by atoms with Gasteiger partial charge in [0.05, 0.1) is 11.4 Å². The van der Waals surface area contributed by atoms with E-state index in [0.29, 0.717) is 12.1 Å². The second-order valence-electron chi connectivity index (χ2n) is 4.70. The molecule has 0 amide bonds. The lowest BCUT2D eigenvalue weighted by Crippen LogP contribution is -2.24. The Labute approximate surface area is 129 Å². The van der Waals surface area contributed by atoms with E-state index >= 15 is 0 Å². The first-order valence-corrected chi connectivity index (χ1v) is 8.99. The number of nitrogens with one attached hydrogen (secondary N) is 1. The zero-order chi connectivity index (χ0) is 15.5. The summed E-state index contributed by atoms with van der Waals surface area (Å²) in [6, 6.07) is 5.23. The van der Waals surface area contributed by atoms with Crippen molar-refractivity contribution in [3.8, 4) is 0 Å². The van der Waals surface area contributed by atoms with Gasteiger partial charge in [-0.15, -0.1) is 11.3 Å². The number of thiazole rings is 1. The average molecular weight is 325 g/mol. The fraction of sp³-hybridized carbons (Fsp3) is 0.357. The van der Waals surface area contributed by atoms with E-state index in [0.717, 1.165) is 21.9 Å². The first kappa shape index (κ1) is 16.1. The third-order valence-corrected chi connectivity index (χ3v) is 5.83. The van der Waals surface area contributed by atoms with Gasteiger partial charge in [0.15, 0.2) is 0 Å². The first-order chi connectivity index (χ1) is 9.96. The van der Waals surface area contributed by atoms with Gasteiger partial charge in [0.1, 0.15) is 5.01 Å². The van der Waals surface area contributed by atoms with E-state index in [4.69, 9.17) is 5.73 Å². The number of nitrogens with zero attached hydrogens (tertiary/aromatic N) is 1. The van der Waals surface area contributed by atoms with Crippen molar-refractivity contribution in [1.29, 1.82) is 0 Å². The van der Waals surface area contributed by atoms with Gasteiger partial charge in [0.2, 0.25) is 10.0 Å². The fourth-order valence-electron chi connectivity index (χ4n) is 1.89. The molecule has 0 aliphatic rings. The van der Waals surface area contributed by atoms with Gasteiger partial charge >= 0.3 is 0 Å². The Morgan fingerprint density at radius 3 is 2.76 bits per heavy atom. The van der Waals surface area contributed by atoms with Gasteiger partial charge in [-0.25, -0.2) is 18.1 Å².